The van der Waals surface area contributed by atoms with Crippen LogP contribution in [0.2, 0.25) is 0 Å². The van der Waals surface area contributed by atoms with Gasteiger partial charge in [-0.2, -0.15) is 0 Å². The van der Waals surface area contributed by atoms with Gasteiger partial charge in [0.15, 0.2) is 0 Å². The number of benzene rings is 1. The molecule has 3 unspecified atom stereocenters. The van der Waals surface area contributed by atoms with Crippen LogP contribution in [0.4, 0.5) is 0 Å². The molecule has 5 heteroatoms. The summed E-state index contributed by atoms with van der Waals surface area (Å²) < 4.78 is 0. The molecule has 1 aliphatic carbocycles. The van der Waals surface area contributed by atoms with Crippen LogP contribution in [0.3, 0.4) is 0 Å². The van der Waals surface area contributed by atoms with Gasteiger partial charge in [0.25, 0.3) is 0 Å². The number of nitrogens with zero attached hydrogens (tertiary/aromatic N) is 2. The maximum absolute atomic E-state index is 6.35. The average Bonchev–Trinajstić information content (AvgIpc) is 2.91. The predicted molar refractivity (Wildman–Crippen MR) is 105 cm³/mol. The Morgan fingerprint density at radius 3 is 2.75 bits per heavy atom. The number of halogens is 2. The van der Waals surface area contributed by atoms with E-state index in [0.717, 1.165) is 23.7 Å². The van der Waals surface area contributed by atoms with Crippen LogP contribution < -0.4 is 5.73 Å². The summed E-state index contributed by atoms with van der Waals surface area (Å²) in [5.74, 6) is 1.53. The molecule has 2 fully saturated rings. The summed E-state index contributed by atoms with van der Waals surface area (Å²) in [6.07, 6.45) is 3.89. The summed E-state index contributed by atoms with van der Waals surface area (Å²) in [4.78, 5) is 7.27. The first-order valence-electron chi connectivity index (χ1n) is 8.54. The van der Waals surface area contributed by atoms with Gasteiger partial charge < -0.3 is 5.73 Å². The number of nitrogens with two attached hydrogens (primary N) is 1. The Balaban J connectivity index is 0.00000104. The number of aromatic nitrogens is 1. The number of hydrogen-bond donors (Lipinski definition) is 1. The number of hydrogen-bond acceptors (Lipinski definition) is 3. The molecule has 2 heterocycles. The van der Waals surface area contributed by atoms with Crippen molar-refractivity contribution in [1.82, 2.24) is 9.88 Å². The highest BCUT2D eigenvalue weighted by Gasteiger charge is 2.38. The van der Waals surface area contributed by atoms with Gasteiger partial charge in [-0.1, -0.05) is 24.6 Å². The number of fused-ring (bicyclic) bond motifs is 2. The average molecular weight is 368 g/mol. The van der Waals surface area contributed by atoms with Gasteiger partial charge in [0.05, 0.1) is 5.52 Å². The first-order valence-corrected chi connectivity index (χ1v) is 8.54. The zero-order valence-corrected chi connectivity index (χ0v) is 15.8. The summed E-state index contributed by atoms with van der Waals surface area (Å²) in [6, 6.07) is 11.2. The standard InChI is InChI=1S/C19H25N3.2ClH/c1-13-9-15(16-6-2-3-8-19(16)21-13)11-22-10-14-5-4-7-18(20)17(14)12-22;;/h2-3,6,8-9,14,17-18H,4-5,7,10-12,20H2,1H3;2*1H. The lowest BCUT2D eigenvalue weighted by Crippen LogP contribution is -2.38. The molecule has 24 heavy (non-hydrogen) atoms. The lowest BCUT2D eigenvalue weighted by molar-refractivity contribution is 0.259. The van der Waals surface area contributed by atoms with E-state index in [9.17, 15) is 0 Å². The Labute approximate surface area is 156 Å². The molecular formula is C19H27Cl2N3. The van der Waals surface area contributed by atoms with E-state index in [1.807, 2.05) is 0 Å². The molecule has 1 aromatic carbocycles. The van der Waals surface area contributed by atoms with Crippen molar-refractivity contribution in [3.63, 3.8) is 0 Å². The second-order valence-electron chi connectivity index (χ2n) is 7.15. The molecule has 2 aromatic rings. The van der Waals surface area contributed by atoms with E-state index in [-0.39, 0.29) is 24.8 Å². The van der Waals surface area contributed by atoms with Crippen LogP contribution in [0.5, 0.6) is 0 Å². The Morgan fingerprint density at radius 1 is 1.17 bits per heavy atom. The Morgan fingerprint density at radius 2 is 1.96 bits per heavy atom. The molecule has 0 amide bonds. The van der Waals surface area contributed by atoms with Gasteiger partial charge in [0.2, 0.25) is 0 Å². The van der Waals surface area contributed by atoms with E-state index in [1.54, 1.807) is 0 Å². The molecule has 0 bridgehead atoms. The molecule has 1 aromatic heterocycles. The molecule has 1 saturated heterocycles. The van der Waals surface area contributed by atoms with Crippen molar-refractivity contribution in [2.75, 3.05) is 13.1 Å². The van der Waals surface area contributed by atoms with Gasteiger partial charge in [-0.25, -0.2) is 0 Å². The fraction of sp³-hybridized carbons (Fsp3) is 0.526. The van der Waals surface area contributed by atoms with Crippen LogP contribution in [-0.2, 0) is 6.54 Å². The minimum Gasteiger partial charge on any atom is -0.327 e. The largest absolute Gasteiger partial charge is 0.327 e. The van der Waals surface area contributed by atoms with Crippen molar-refractivity contribution in [1.29, 1.82) is 0 Å². The first-order chi connectivity index (χ1) is 10.7. The van der Waals surface area contributed by atoms with Gasteiger partial charge in [0.1, 0.15) is 0 Å². The van der Waals surface area contributed by atoms with E-state index in [0.29, 0.717) is 12.0 Å². The highest BCUT2D eigenvalue weighted by atomic mass is 35.5. The Bertz CT molecular complexity index is 691. The second-order valence-corrected chi connectivity index (χ2v) is 7.15. The maximum Gasteiger partial charge on any atom is 0.0708 e. The lowest BCUT2D eigenvalue weighted by Gasteiger charge is -2.29. The Kier molecular flexibility index (Phi) is 6.49. The van der Waals surface area contributed by atoms with E-state index in [4.69, 9.17) is 5.73 Å². The number of para-hydroxylation sites is 1. The zero-order chi connectivity index (χ0) is 15.1. The quantitative estimate of drug-likeness (QED) is 0.873. The molecule has 2 N–H and O–H groups in total. The SMILES string of the molecule is Cc1cc(CN2CC3CCCC(N)C3C2)c2ccccc2n1.Cl.Cl. The van der Waals surface area contributed by atoms with Crippen LogP contribution in [0.1, 0.15) is 30.5 Å². The van der Waals surface area contributed by atoms with Crippen molar-refractivity contribution in [3.05, 3.63) is 41.6 Å². The zero-order valence-electron chi connectivity index (χ0n) is 14.1. The highest BCUT2D eigenvalue weighted by molar-refractivity contribution is 5.85. The molecule has 1 saturated carbocycles. The van der Waals surface area contributed by atoms with E-state index in [2.05, 4.69) is 47.1 Å². The number of likely N-dealkylation sites (tertiary alicyclic amines) is 1. The van der Waals surface area contributed by atoms with E-state index < -0.39 is 0 Å². The maximum atomic E-state index is 6.35. The minimum atomic E-state index is 0. The van der Waals surface area contributed by atoms with E-state index in [1.165, 1.54) is 43.3 Å². The summed E-state index contributed by atoms with van der Waals surface area (Å²) in [5.41, 5.74) is 10.00. The van der Waals surface area contributed by atoms with Gasteiger partial charge in [-0.3, -0.25) is 9.88 Å². The smallest absolute Gasteiger partial charge is 0.0708 e. The molecule has 0 spiro atoms. The molecule has 4 rings (SSSR count). The van der Waals surface area contributed by atoms with Crippen LogP contribution in [0.15, 0.2) is 30.3 Å². The van der Waals surface area contributed by atoms with Crippen LogP contribution in [-0.4, -0.2) is 29.0 Å². The van der Waals surface area contributed by atoms with Gasteiger partial charge >= 0.3 is 0 Å². The highest BCUT2D eigenvalue weighted by Crippen LogP contribution is 2.36. The summed E-state index contributed by atoms with van der Waals surface area (Å²) >= 11 is 0. The van der Waals surface area contributed by atoms with Crippen molar-refractivity contribution in [2.24, 2.45) is 17.6 Å². The fourth-order valence-electron chi connectivity index (χ4n) is 4.50. The molecule has 2 aliphatic rings. The molecule has 0 radical (unpaired) electrons. The van der Waals surface area contributed by atoms with Crippen LogP contribution in [0, 0.1) is 18.8 Å². The van der Waals surface area contributed by atoms with Crippen LogP contribution in [0.25, 0.3) is 10.9 Å². The minimum absolute atomic E-state index is 0. The number of rotatable bonds is 2. The van der Waals surface area contributed by atoms with Crippen molar-refractivity contribution >= 4 is 35.7 Å². The van der Waals surface area contributed by atoms with Crippen molar-refractivity contribution in [3.8, 4) is 0 Å². The third-order valence-corrected chi connectivity index (χ3v) is 5.55. The molecule has 3 nitrogen and oxygen atoms in total. The summed E-state index contributed by atoms with van der Waals surface area (Å²) in [5, 5.41) is 1.30. The third-order valence-electron chi connectivity index (χ3n) is 5.55. The molecule has 3 atom stereocenters. The van der Waals surface area contributed by atoms with Gasteiger partial charge in [0, 0.05) is 36.8 Å². The topological polar surface area (TPSA) is 42.1 Å². The second kappa shape index (κ2) is 8.01. The normalized spacial score (nSPS) is 26.5. The van der Waals surface area contributed by atoms with Crippen molar-refractivity contribution in [2.45, 2.75) is 38.8 Å². The summed E-state index contributed by atoms with van der Waals surface area (Å²) in [7, 11) is 0. The third kappa shape index (κ3) is 3.70. The van der Waals surface area contributed by atoms with Gasteiger partial charge in [-0.15, -0.1) is 24.8 Å². The molecular weight excluding hydrogens is 341 g/mol. The van der Waals surface area contributed by atoms with Crippen molar-refractivity contribution < 1.29 is 0 Å². The lowest BCUT2D eigenvalue weighted by atomic mass is 9.78. The number of pyridine rings is 1. The fourth-order valence-corrected chi connectivity index (χ4v) is 4.50. The first kappa shape index (κ1) is 19.5. The Hall–Kier alpha value is -0.870. The predicted octanol–water partition coefficient (Wildman–Crippen LogP) is 3.95. The molecule has 132 valence electrons. The van der Waals surface area contributed by atoms with Crippen LogP contribution >= 0.6 is 24.8 Å². The van der Waals surface area contributed by atoms with Gasteiger partial charge in [-0.05, 0) is 49.3 Å². The monoisotopic (exact) mass is 367 g/mol. The summed E-state index contributed by atoms with van der Waals surface area (Å²) in [6.45, 7) is 5.51. The molecule has 1 aliphatic heterocycles. The van der Waals surface area contributed by atoms with E-state index >= 15 is 0 Å². The number of aryl methyl sites for hydroxylation is 1.